The second kappa shape index (κ2) is 55.4. The first-order chi connectivity index (χ1) is 33.0. The van der Waals surface area contributed by atoms with Gasteiger partial charge in [0.25, 0.3) is 0 Å². The van der Waals surface area contributed by atoms with Crippen molar-refractivity contribution >= 4 is 17.9 Å². The highest BCUT2D eigenvalue weighted by Crippen LogP contribution is 2.16. The highest BCUT2D eigenvalue weighted by Gasteiger charge is 2.19. The van der Waals surface area contributed by atoms with Gasteiger partial charge in [-0.2, -0.15) is 0 Å². The third-order valence-corrected chi connectivity index (χ3v) is 12.3. The zero-order valence-electron chi connectivity index (χ0n) is 44.2. The van der Waals surface area contributed by atoms with Gasteiger partial charge >= 0.3 is 17.9 Å². The topological polar surface area (TPSA) is 78.9 Å². The minimum absolute atomic E-state index is 0.0879. The Bertz CT molecular complexity index is 1260. The van der Waals surface area contributed by atoms with Gasteiger partial charge in [-0.05, 0) is 64.2 Å². The Labute approximate surface area is 414 Å². The van der Waals surface area contributed by atoms with E-state index in [2.05, 4.69) is 63.3 Å². The normalized spacial score (nSPS) is 12.6. The summed E-state index contributed by atoms with van der Waals surface area (Å²) in [5, 5.41) is 0. The molecule has 0 aromatic rings. The van der Waals surface area contributed by atoms with Crippen LogP contribution < -0.4 is 0 Å². The van der Waals surface area contributed by atoms with E-state index in [4.69, 9.17) is 14.2 Å². The molecule has 0 aliphatic carbocycles. The van der Waals surface area contributed by atoms with Crippen molar-refractivity contribution in [3.8, 4) is 0 Å². The lowest BCUT2D eigenvalue weighted by atomic mass is 10.0. The van der Waals surface area contributed by atoms with E-state index in [-0.39, 0.29) is 31.1 Å². The quantitative estimate of drug-likeness (QED) is 0.0262. The molecule has 0 saturated carbocycles. The minimum Gasteiger partial charge on any atom is -0.462 e. The Morgan fingerprint density at radius 3 is 0.970 bits per heavy atom. The summed E-state index contributed by atoms with van der Waals surface area (Å²) in [7, 11) is 0. The standard InChI is InChI=1S/C61H106O6/c1-4-7-10-13-16-19-22-25-27-29-30-32-33-36-39-42-45-48-51-54-60(63)66-57-58(56-65-59(62)53-50-47-44-41-38-35-24-21-18-15-12-9-6-3)67-61(64)55-52-49-46-43-40-37-34-31-28-26-23-20-17-14-11-8-5-2/h9,12,15-16,18-19,21-22,24-25,35,38,58H,4-8,10-11,13-14,17,20,23,26-34,36-37,39-57H2,1-3H3/b12-9+,18-15+,19-16+,24-21+,25-22+,38-35+. The Kier molecular flexibility index (Phi) is 52.8. The van der Waals surface area contributed by atoms with Gasteiger partial charge in [0.05, 0.1) is 0 Å². The van der Waals surface area contributed by atoms with Crippen molar-refractivity contribution in [3.05, 3.63) is 72.9 Å². The number of hydrogen-bond acceptors (Lipinski definition) is 6. The highest BCUT2D eigenvalue weighted by atomic mass is 16.6. The monoisotopic (exact) mass is 935 g/mol. The highest BCUT2D eigenvalue weighted by molar-refractivity contribution is 5.71. The zero-order valence-corrected chi connectivity index (χ0v) is 44.2. The molecule has 0 saturated heterocycles. The molecule has 0 radical (unpaired) electrons. The van der Waals surface area contributed by atoms with Gasteiger partial charge in [-0.15, -0.1) is 0 Å². The van der Waals surface area contributed by atoms with E-state index in [0.29, 0.717) is 19.3 Å². The number of rotatable bonds is 51. The molecule has 1 atom stereocenters. The van der Waals surface area contributed by atoms with Gasteiger partial charge in [-0.25, -0.2) is 0 Å². The summed E-state index contributed by atoms with van der Waals surface area (Å²) in [5.41, 5.74) is 0. The van der Waals surface area contributed by atoms with Crippen molar-refractivity contribution in [1.29, 1.82) is 0 Å². The van der Waals surface area contributed by atoms with E-state index in [0.717, 1.165) is 70.6 Å². The van der Waals surface area contributed by atoms with Crippen LogP contribution in [0.1, 0.15) is 278 Å². The van der Waals surface area contributed by atoms with Gasteiger partial charge in [0.15, 0.2) is 6.10 Å². The molecule has 67 heavy (non-hydrogen) atoms. The van der Waals surface area contributed by atoms with Crippen molar-refractivity contribution in [1.82, 2.24) is 0 Å². The first-order valence-corrected chi connectivity index (χ1v) is 28.5. The van der Waals surface area contributed by atoms with Crippen LogP contribution in [-0.2, 0) is 28.6 Å². The van der Waals surface area contributed by atoms with Crippen LogP contribution in [0.4, 0.5) is 0 Å². The predicted molar refractivity (Wildman–Crippen MR) is 288 cm³/mol. The average Bonchev–Trinajstić information content (AvgIpc) is 3.33. The van der Waals surface area contributed by atoms with Crippen LogP contribution in [0.15, 0.2) is 72.9 Å². The van der Waals surface area contributed by atoms with Gasteiger partial charge in [-0.3, -0.25) is 14.4 Å². The van der Waals surface area contributed by atoms with Crippen LogP contribution >= 0.6 is 0 Å². The maximum absolute atomic E-state index is 12.8. The first kappa shape index (κ1) is 63.8. The van der Waals surface area contributed by atoms with E-state index >= 15 is 0 Å². The number of carbonyl (C=O) groups is 3. The van der Waals surface area contributed by atoms with Crippen LogP contribution in [0.3, 0.4) is 0 Å². The fourth-order valence-corrected chi connectivity index (χ4v) is 8.03. The SMILES string of the molecule is CC/C=C/C=C/C=C/C=C/CCCCCC(=O)OCC(COC(=O)CCCCCCCCCCCC/C=C/C=C/CCCCC)OC(=O)CCCCCCCCCCCCCCCCCCC. The maximum atomic E-state index is 12.8. The summed E-state index contributed by atoms with van der Waals surface area (Å²) >= 11 is 0. The number of hydrogen-bond donors (Lipinski definition) is 0. The third-order valence-electron chi connectivity index (χ3n) is 12.3. The summed E-state index contributed by atoms with van der Waals surface area (Å²) in [5.74, 6) is -0.922. The van der Waals surface area contributed by atoms with Gasteiger partial charge < -0.3 is 14.2 Å². The molecule has 0 aromatic carbocycles. The molecule has 0 aromatic heterocycles. The van der Waals surface area contributed by atoms with Crippen molar-refractivity contribution < 1.29 is 28.6 Å². The molecule has 386 valence electrons. The largest absolute Gasteiger partial charge is 0.462 e. The summed E-state index contributed by atoms with van der Waals surface area (Å²) in [6, 6.07) is 0. The van der Waals surface area contributed by atoms with E-state index in [1.807, 2.05) is 30.4 Å². The van der Waals surface area contributed by atoms with Gasteiger partial charge in [0, 0.05) is 19.3 Å². The molecule has 0 heterocycles. The summed E-state index contributed by atoms with van der Waals surface area (Å²) in [6.07, 6.45) is 70.4. The van der Waals surface area contributed by atoms with Crippen molar-refractivity contribution in [2.75, 3.05) is 13.2 Å². The van der Waals surface area contributed by atoms with Gasteiger partial charge in [-0.1, -0.05) is 267 Å². The summed E-state index contributed by atoms with van der Waals surface area (Å²) in [6.45, 7) is 6.46. The Morgan fingerprint density at radius 1 is 0.313 bits per heavy atom. The minimum atomic E-state index is -0.791. The van der Waals surface area contributed by atoms with Crippen LogP contribution in [0.25, 0.3) is 0 Å². The maximum Gasteiger partial charge on any atom is 0.306 e. The average molecular weight is 936 g/mol. The van der Waals surface area contributed by atoms with Crippen LogP contribution in [0.5, 0.6) is 0 Å². The number of carbonyl (C=O) groups excluding carboxylic acids is 3. The first-order valence-electron chi connectivity index (χ1n) is 28.5. The molecule has 0 spiro atoms. The van der Waals surface area contributed by atoms with Crippen LogP contribution in [0, 0.1) is 0 Å². The van der Waals surface area contributed by atoms with Gasteiger partial charge in [0.2, 0.25) is 0 Å². The number of ether oxygens (including phenoxy) is 3. The molecular formula is C61H106O6. The predicted octanol–water partition coefficient (Wildman–Crippen LogP) is 19.0. The van der Waals surface area contributed by atoms with E-state index in [9.17, 15) is 14.4 Å². The molecule has 6 heteroatoms. The summed E-state index contributed by atoms with van der Waals surface area (Å²) in [4.78, 5) is 38.1. The lowest BCUT2D eigenvalue weighted by Gasteiger charge is -2.18. The Morgan fingerprint density at radius 2 is 0.582 bits per heavy atom. The second-order valence-corrected chi connectivity index (χ2v) is 18.9. The van der Waals surface area contributed by atoms with Crippen LogP contribution in [-0.4, -0.2) is 37.2 Å². The van der Waals surface area contributed by atoms with E-state index < -0.39 is 6.10 Å². The molecule has 0 rings (SSSR count). The lowest BCUT2D eigenvalue weighted by molar-refractivity contribution is -0.167. The molecule has 1 unspecified atom stereocenters. The molecule has 0 fully saturated rings. The Balaban J connectivity index is 4.38. The van der Waals surface area contributed by atoms with Crippen molar-refractivity contribution in [2.45, 2.75) is 284 Å². The fourth-order valence-electron chi connectivity index (χ4n) is 8.03. The number of esters is 3. The molecule has 0 aliphatic heterocycles. The van der Waals surface area contributed by atoms with E-state index in [1.54, 1.807) is 0 Å². The van der Waals surface area contributed by atoms with E-state index in [1.165, 1.54) is 167 Å². The summed E-state index contributed by atoms with van der Waals surface area (Å²) < 4.78 is 16.8. The molecule has 0 bridgehead atoms. The van der Waals surface area contributed by atoms with Gasteiger partial charge in [0.1, 0.15) is 13.2 Å². The zero-order chi connectivity index (χ0) is 48.6. The number of allylic oxidation sites excluding steroid dienone is 12. The molecular weight excluding hydrogens is 829 g/mol. The second-order valence-electron chi connectivity index (χ2n) is 18.9. The van der Waals surface area contributed by atoms with Crippen molar-refractivity contribution in [2.24, 2.45) is 0 Å². The fraction of sp³-hybridized carbons (Fsp3) is 0.754. The lowest BCUT2D eigenvalue weighted by Crippen LogP contribution is -2.30. The Hall–Kier alpha value is -3.15. The molecule has 0 N–H and O–H groups in total. The smallest absolute Gasteiger partial charge is 0.306 e. The van der Waals surface area contributed by atoms with Crippen molar-refractivity contribution in [3.63, 3.8) is 0 Å². The molecule has 6 nitrogen and oxygen atoms in total. The molecule has 0 aliphatic rings. The van der Waals surface area contributed by atoms with Crippen LogP contribution in [0.2, 0.25) is 0 Å². The number of unbranched alkanes of at least 4 members (excludes halogenated alkanes) is 32. The molecule has 0 amide bonds. The third kappa shape index (κ3) is 53.7.